The Morgan fingerprint density at radius 1 is 0.860 bits per heavy atom. The molecule has 3 N–H and O–H groups in total. The fourth-order valence-corrected chi connectivity index (χ4v) is 5.98. The number of carbonyl (C=O) groups excluding carboxylic acids is 5. The molecule has 1 aliphatic rings. The van der Waals surface area contributed by atoms with Crippen LogP contribution < -0.4 is 10.6 Å². The average molecular weight is 694 g/mol. The van der Waals surface area contributed by atoms with Crippen molar-refractivity contribution < 1.29 is 38.6 Å². The second-order valence-corrected chi connectivity index (χ2v) is 13.9. The van der Waals surface area contributed by atoms with Crippen molar-refractivity contribution in [2.24, 2.45) is 11.3 Å². The number of carboxylic acid groups (broad SMARTS) is 1. The van der Waals surface area contributed by atoms with E-state index in [1.54, 1.807) is 20.8 Å². The number of rotatable bonds is 16. The van der Waals surface area contributed by atoms with E-state index >= 15 is 0 Å². The van der Waals surface area contributed by atoms with Gasteiger partial charge in [0.15, 0.2) is 0 Å². The normalized spacial score (nSPS) is 13.4. The molecule has 0 bridgehead atoms. The van der Waals surface area contributed by atoms with E-state index in [1.807, 2.05) is 62.4 Å². The molecule has 2 aromatic rings. The molecule has 0 radical (unpaired) electrons. The van der Waals surface area contributed by atoms with Crippen molar-refractivity contribution in [2.75, 3.05) is 47.4 Å². The highest BCUT2D eigenvalue weighted by atomic mass is 16.6. The first kappa shape index (κ1) is 39.5. The third-order valence-electron chi connectivity index (χ3n) is 9.11. The SMILES string of the molecule is CC(C)C[C@@H](C(=O)NCC(=O)NCC(C)(C)C(=O)N(C)CCC(=O)O)N(C)C(=O)C(C)N(C)C(=O)OCC1c2ccccc2-c2ccccc21. The summed E-state index contributed by atoms with van der Waals surface area (Å²) in [6, 6.07) is 14.1. The largest absolute Gasteiger partial charge is 0.481 e. The number of benzene rings is 2. The summed E-state index contributed by atoms with van der Waals surface area (Å²) in [5.41, 5.74) is 3.33. The number of fused-ring (bicyclic) bond motifs is 3. The summed E-state index contributed by atoms with van der Waals surface area (Å²) in [5.74, 6) is -3.02. The summed E-state index contributed by atoms with van der Waals surface area (Å²) < 4.78 is 5.73. The van der Waals surface area contributed by atoms with Gasteiger partial charge in [0.2, 0.25) is 23.6 Å². The Bertz CT molecular complexity index is 1530. The molecule has 0 aliphatic heterocycles. The smallest absolute Gasteiger partial charge is 0.410 e. The lowest BCUT2D eigenvalue weighted by Crippen LogP contribution is -2.55. The Morgan fingerprint density at radius 3 is 1.96 bits per heavy atom. The van der Waals surface area contributed by atoms with Crippen LogP contribution in [0.2, 0.25) is 0 Å². The van der Waals surface area contributed by atoms with E-state index in [0.717, 1.165) is 22.3 Å². The van der Waals surface area contributed by atoms with Crippen LogP contribution in [0.15, 0.2) is 48.5 Å². The number of amides is 5. The molecule has 1 unspecified atom stereocenters. The Kier molecular flexibility index (Phi) is 13.5. The number of carboxylic acids is 1. The zero-order valence-electron chi connectivity index (χ0n) is 30.3. The summed E-state index contributed by atoms with van der Waals surface area (Å²) in [6.45, 7) is 8.35. The molecule has 13 nitrogen and oxygen atoms in total. The number of ether oxygens (including phenoxy) is 1. The number of nitrogens with one attached hydrogen (secondary N) is 2. The van der Waals surface area contributed by atoms with E-state index in [2.05, 4.69) is 10.6 Å². The van der Waals surface area contributed by atoms with Crippen LogP contribution in [0.4, 0.5) is 4.79 Å². The van der Waals surface area contributed by atoms with Crippen molar-refractivity contribution in [1.29, 1.82) is 0 Å². The highest BCUT2D eigenvalue weighted by molar-refractivity contribution is 5.93. The maximum atomic E-state index is 13.6. The second kappa shape index (κ2) is 17.1. The second-order valence-electron chi connectivity index (χ2n) is 13.9. The highest BCUT2D eigenvalue weighted by Gasteiger charge is 2.35. The average Bonchev–Trinajstić information content (AvgIpc) is 3.41. The van der Waals surface area contributed by atoms with E-state index in [-0.39, 0.29) is 50.4 Å². The number of likely N-dealkylation sites (N-methyl/N-ethyl adjacent to an activating group) is 2. The molecule has 0 heterocycles. The minimum atomic E-state index is -1.02. The molecule has 50 heavy (non-hydrogen) atoms. The van der Waals surface area contributed by atoms with Gasteiger partial charge >= 0.3 is 12.1 Å². The number of hydrogen-bond acceptors (Lipinski definition) is 7. The summed E-state index contributed by atoms with van der Waals surface area (Å²) in [6.07, 6.45) is -0.561. The zero-order chi connectivity index (χ0) is 37.3. The minimum absolute atomic E-state index is 0.0231. The van der Waals surface area contributed by atoms with Crippen LogP contribution in [0.5, 0.6) is 0 Å². The minimum Gasteiger partial charge on any atom is -0.481 e. The van der Waals surface area contributed by atoms with Crippen molar-refractivity contribution in [3.63, 3.8) is 0 Å². The van der Waals surface area contributed by atoms with Crippen LogP contribution in [0, 0.1) is 11.3 Å². The first-order valence-corrected chi connectivity index (χ1v) is 16.8. The van der Waals surface area contributed by atoms with Crippen molar-refractivity contribution in [3.05, 3.63) is 59.7 Å². The Morgan fingerprint density at radius 2 is 1.42 bits per heavy atom. The van der Waals surface area contributed by atoms with Crippen LogP contribution >= 0.6 is 0 Å². The van der Waals surface area contributed by atoms with Gasteiger partial charge in [-0.05, 0) is 55.4 Å². The molecular formula is C37H51N5O8. The predicted molar refractivity (Wildman–Crippen MR) is 188 cm³/mol. The van der Waals surface area contributed by atoms with Gasteiger partial charge < -0.3 is 30.3 Å². The molecule has 272 valence electrons. The lowest BCUT2D eigenvalue weighted by atomic mass is 9.91. The lowest BCUT2D eigenvalue weighted by Gasteiger charge is -2.33. The van der Waals surface area contributed by atoms with Gasteiger partial charge in [-0.15, -0.1) is 0 Å². The molecule has 0 fully saturated rings. The predicted octanol–water partition coefficient (Wildman–Crippen LogP) is 3.32. The van der Waals surface area contributed by atoms with Gasteiger partial charge in [0, 0.05) is 40.2 Å². The fourth-order valence-electron chi connectivity index (χ4n) is 5.98. The van der Waals surface area contributed by atoms with Gasteiger partial charge in [0.25, 0.3) is 0 Å². The van der Waals surface area contributed by atoms with Gasteiger partial charge in [0.05, 0.1) is 18.4 Å². The van der Waals surface area contributed by atoms with E-state index < -0.39 is 47.3 Å². The molecule has 0 aromatic heterocycles. The maximum Gasteiger partial charge on any atom is 0.410 e. The van der Waals surface area contributed by atoms with E-state index in [0.29, 0.717) is 6.42 Å². The Balaban J connectivity index is 1.56. The number of aliphatic carboxylic acids is 1. The molecule has 13 heteroatoms. The van der Waals surface area contributed by atoms with Crippen molar-refractivity contribution in [2.45, 2.75) is 65.5 Å². The van der Waals surface area contributed by atoms with E-state index in [9.17, 15) is 28.8 Å². The van der Waals surface area contributed by atoms with Gasteiger partial charge in [-0.3, -0.25) is 28.9 Å². The van der Waals surface area contributed by atoms with Crippen LogP contribution in [0.3, 0.4) is 0 Å². The lowest BCUT2D eigenvalue weighted by molar-refractivity contribution is -0.142. The van der Waals surface area contributed by atoms with Crippen molar-refractivity contribution in [1.82, 2.24) is 25.3 Å². The molecule has 2 aromatic carbocycles. The van der Waals surface area contributed by atoms with Crippen molar-refractivity contribution >= 4 is 35.7 Å². The summed E-state index contributed by atoms with van der Waals surface area (Å²) in [5, 5.41) is 14.1. The first-order valence-electron chi connectivity index (χ1n) is 16.8. The highest BCUT2D eigenvalue weighted by Crippen LogP contribution is 2.44. The topological polar surface area (TPSA) is 166 Å². The molecular weight excluding hydrogens is 642 g/mol. The monoisotopic (exact) mass is 693 g/mol. The molecule has 5 amide bonds. The van der Waals surface area contributed by atoms with Crippen LogP contribution in [-0.4, -0.2) is 115 Å². The number of carbonyl (C=O) groups is 6. The molecule has 0 spiro atoms. The molecule has 0 saturated carbocycles. The zero-order valence-corrected chi connectivity index (χ0v) is 30.3. The van der Waals surface area contributed by atoms with Crippen LogP contribution in [-0.2, 0) is 28.7 Å². The molecule has 3 rings (SSSR count). The third kappa shape index (κ3) is 9.82. The molecule has 1 aliphatic carbocycles. The van der Waals surface area contributed by atoms with Gasteiger partial charge in [-0.2, -0.15) is 0 Å². The third-order valence-corrected chi connectivity index (χ3v) is 9.11. The Labute approximate surface area is 294 Å². The van der Waals surface area contributed by atoms with E-state index in [4.69, 9.17) is 9.84 Å². The fraction of sp³-hybridized carbons (Fsp3) is 0.514. The summed E-state index contributed by atoms with van der Waals surface area (Å²) >= 11 is 0. The van der Waals surface area contributed by atoms with Gasteiger partial charge in [0.1, 0.15) is 18.7 Å². The summed E-state index contributed by atoms with van der Waals surface area (Å²) in [4.78, 5) is 80.2. The standard InChI is InChI=1S/C37H51N5O8/c1-23(2)19-30(33(46)38-20-31(43)39-22-37(4,5)35(48)40(6)18-17-32(44)45)42(8)34(47)24(3)41(7)36(49)50-21-29-27-15-11-9-13-25(27)26-14-10-12-16-28(26)29/h9-16,23-24,29-30H,17-22H2,1-8H3,(H,38,46)(H,39,43)(H,44,45)/t24?,30-/m0/s1. The molecule has 0 saturated heterocycles. The summed E-state index contributed by atoms with van der Waals surface area (Å²) in [7, 11) is 4.47. The maximum absolute atomic E-state index is 13.6. The van der Waals surface area contributed by atoms with Crippen LogP contribution in [0.25, 0.3) is 11.1 Å². The Hall–Kier alpha value is -4.94. The van der Waals surface area contributed by atoms with Crippen LogP contribution in [0.1, 0.15) is 64.5 Å². The van der Waals surface area contributed by atoms with E-state index in [1.165, 1.54) is 35.8 Å². The van der Waals surface area contributed by atoms with Gasteiger partial charge in [-0.25, -0.2) is 4.79 Å². The quantitative estimate of drug-likeness (QED) is 0.241. The van der Waals surface area contributed by atoms with Crippen molar-refractivity contribution in [3.8, 4) is 11.1 Å². The van der Waals surface area contributed by atoms with Gasteiger partial charge in [-0.1, -0.05) is 62.4 Å². The number of nitrogens with zero attached hydrogens (tertiary/aromatic N) is 3. The molecule has 2 atom stereocenters. The first-order chi connectivity index (χ1) is 23.5. The number of hydrogen-bond donors (Lipinski definition) is 3.